The maximum absolute atomic E-state index is 5.65. The summed E-state index contributed by atoms with van der Waals surface area (Å²) in [6.45, 7) is 4.20. The Bertz CT molecular complexity index is 375. The van der Waals surface area contributed by atoms with Gasteiger partial charge in [-0.3, -0.25) is 0 Å². The van der Waals surface area contributed by atoms with Gasteiger partial charge in [0.05, 0.1) is 0 Å². The number of hydrogen-bond donors (Lipinski definition) is 1. The molecule has 0 aliphatic carbocycles. The van der Waals surface area contributed by atoms with Gasteiger partial charge in [-0.05, 0) is 0 Å². The van der Waals surface area contributed by atoms with Gasteiger partial charge in [0.15, 0.2) is 0 Å². The van der Waals surface area contributed by atoms with Crippen molar-refractivity contribution in [3.05, 3.63) is 34.0 Å². The molecule has 1 aliphatic rings. The van der Waals surface area contributed by atoms with Crippen molar-refractivity contribution in [1.29, 1.82) is 0 Å². The topological polar surface area (TPSA) is 12.0 Å². The van der Waals surface area contributed by atoms with E-state index in [-0.39, 0.29) is 5.41 Å². The molecule has 0 bridgehead atoms. The molecule has 15 heavy (non-hydrogen) atoms. The van der Waals surface area contributed by atoms with Crippen molar-refractivity contribution in [1.82, 2.24) is 5.32 Å². The van der Waals surface area contributed by atoms with Gasteiger partial charge in [-0.15, -0.1) is 0 Å². The Kier molecular flexibility index (Phi) is 3.22. The summed E-state index contributed by atoms with van der Waals surface area (Å²) in [5.74, 6) is 1.72. The van der Waals surface area contributed by atoms with E-state index in [1.807, 2.05) is 11.3 Å². The van der Waals surface area contributed by atoms with E-state index in [2.05, 4.69) is 35.8 Å². The molecule has 1 fully saturated rings. The van der Waals surface area contributed by atoms with Crippen LogP contribution in [0.5, 0.6) is 0 Å². The van der Waals surface area contributed by atoms with E-state index >= 15 is 0 Å². The van der Waals surface area contributed by atoms with Gasteiger partial charge in [-0.1, -0.05) is 0 Å². The summed E-state index contributed by atoms with van der Waals surface area (Å²) < 4.78 is 0. The van der Waals surface area contributed by atoms with Crippen LogP contribution < -0.4 is 5.32 Å². The molecular formula is C12H15BNS. The number of nitrogens with one attached hydrogen (secondary N) is 1. The standard InChI is InChI=1S/C12H15BNS/c1-2-4-12(5-6-14-9-12)11-10(8-13)3-7-15-11/h2-4,7-8,14H,5-6,9H2,1H3/b4-2-. The molecular weight excluding hydrogens is 201 g/mol. The van der Waals surface area contributed by atoms with Crippen molar-refractivity contribution < 1.29 is 0 Å². The summed E-state index contributed by atoms with van der Waals surface area (Å²) in [5.41, 5.74) is 1.36. The fourth-order valence-corrected chi connectivity index (χ4v) is 3.40. The number of hydrogen-bond acceptors (Lipinski definition) is 2. The molecule has 0 saturated carbocycles. The van der Waals surface area contributed by atoms with Crippen LogP contribution in [0.4, 0.5) is 0 Å². The Labute approximate surface area is 96.3 Å². The Morgan fingerprint density at radius 3 is 3.07 bits per heavy atom. The van der Waals surface area contributed by atoms with Crippen LogP contribution >= 0.6 is 11.3 Å². The molecule has 0 spiro atoms. The van der Waals surface area contributed by atoms with Gasteiger partial charge in [-0.25, -0.2) is 0 Å². The van der Waals surface area contributed by atoms with Gasteiger partial charge >= 0.3 is 96.0 Å². The molecule has 1 unspecified atom stereocenters. The van der Waals surface area contributed by atoms with Crippen molar-refractivity contribution in [3.8, 4) is 0 Å². The predicted octanol–water partition coefficient (Wildman–Crippen LogP) is 1.87. The molecule has 1 radical (unpaired) electrons. The molecule has 1 aromatic rings. The molecule has 1 N–H and O–H groups in total. The third-order valence-corrected chi connectivity index (χ3v) is 4.15. The second kappa shape index (κ2) is 4.46. The number of allylic oxidation sites excluding steroid dienone is 1. The Balaban J connectivity index is 2.44. The van der Waals surface area contributed by atoms with Crippen molar-refractivity contribution in [2.45, 2.75) is 18.8 Å². The second-order valence-electron chi connectivity index (χ2n) is 3.95. The van der Waals surface area contributed by atoms with Gasteiger partial charge in [0.25, 0.3) is 0 Å². The zero-order valence-corrected chi connectivity index (χ0v) is 9.81. The quantitative estimate of drug-likeness (QED) is 0.600. The van der Waals surface area contributed by atoms with Crippen molar-refractivity contribution in [2.75, 3.05) is 13.1 Å². The molecule has 2 rings (SSSR count). The van der Waals surface area contributed by atoms with Gasteiger partial charge in [-0.2, -0.15) is 0 Å². The number of thiophene rings is 1. The van der Waals surface area contributed by atoms with Gasteiger partial charge in [0.1, 0.15) is 0 Å². The molecule has 1 nitrogen and oxygen atoms in total. The minimum atomic E-state index is 0.175. The Morgan fingerprint density at radius 1 is 1.60 bits per heavy atom. The zero-order chi connectivity index (χ0) is 10.7. The summed E-state index contributed by atoms with van der Waals surface area (Å²) in [7, 11) is 5.65. The van der Waals surface area contributed by atoms with E-state index < -0.39 is 0 Å². The van der Waals surface area contributed by atoms with Crippen LogP contribution in [0, 0.1) is 0 Å². The molecule has 0 aromatic carbocycles. The first-order valence-electron chi connectivity index (χ1n) is 5.30. The molecule has 77 valence electrons. The monoisotopic (exact) mass is 216 g/mol. The van der Waals surface area contributed by atoms with Crippen LogP contribution in [0.25, 0.3) is 0 Å². The first-order valence-corrected chi connectivity index (χ1v) is 6.18. The fourth-order valence-electron chi connectivity index (χ4n) is 2.30. The molecule has 2 heterocycles. The van der Waals surface area contributed by atoms with Crippen LogP contribution in [-0.2, 0) is 5.41 Å². The third-order valence-electron chi connectivity index (χ3n) is 3.00. The SMILES string of the molecule is [B]=Cc1ccsc1C1(/C=C\C)CCNC1. The molecule has 1 aliphatic heterocycles. The van der Waals surface area contributed by atoms with E-state index in [4.69, 9.17) is 7.49 Å². The molecule has 1 atom stereocenters. The first kappa shape index (κ1) is 10.8. The average molecular weight is 216 g/mol. The normalized spacial score (nSPS) is 26.1. The van der Waals surface area contributed by atoms with Crippen molar-refractivity contribution >= 4 is 24.8 Å². The molecule has 1 saturated heterocycles. The maximum atomic E-state index is 5.65. The molecule has 1 aromatic heterocycles. The average Bonchev–Trinajstić information content (AvgIpc) is 2.85. The van der Waals surface area contributed by atoms with E-state index in [9.17, 15) is 0 Å². The van der Waals surface area contributed by atoms with Crippen molar-refractivity contribution in [3.63, 3.8) is 0 Å². The predicted molar refractivity (Wildman–Crippen MR) is 69.2 cm³/mol. The van der Waals surface area contributed by atoms with Crippen LogP contribution in [0.3, 0.4) is 0 Å². The zero-order valence-electron chi connectivity index (χ0n) is 8.99. The summed E-state index contributed by atoms with van der Waals surface area (Å²) in [6, 6.07) is 2.10. The van der Waals surface area contributed by atoms with Crippen LogP contribution in [0.15, 0.2) is 23.6 Å². The minimum absolute atomic E-state index is 0.175. The first-order chi connectivity index (χ1) is 7.32. The molecule has 3 heteroatoms. The summed E-state index contributed by atoms with van der Waals surface area (Å²) in [5, 5.41) is 5.56. The van der Waals surface area contributed by atoms with Gasteiger partial charge < -0.3 is 0 Å². The van der Waals surface area contributed by atoms with E-state index in [1.165, 1.54) is 16.9 Å². The second-order valence-corrected chi connectivity index (χ2v) is 4.87. The van der Waals surface area contributed by atoms with E-state index in [0.717, 1.165) is 13.1 Å². The fraction of sp³-hybridized carbons (Fsp3) is 0.417. The van der Waals surface area contributed by atoms with Crippen LogP contribution in [0.2, 0.25) is 0 Å². The van der Waals surface area contributed by atoms with E-state index in [1.54, 1.807) is 5.97 Å². The van der Waals surface area contributed by atoms with Gasteiger partial charge in [0, 0.05) is 0 Å². The summed E-state index contributed by atoms with van der Waals surface area (Å²) in [6.07, 6.45) is 5.62. The Hall–Kier alpha value is -0.665. The summed E-state index contributed by atoms with van der Waals surface area (Å²) in [4.78, 5) is 1.40. The Morgan fingerprint density at radius 2 is 2.47 bits per heavy atom. The third kappa shape index (κ3) is 1.86. The van der Waals surface area contributed by atoms with Crippen LogP contribution in [0.1, 0.15) is 23.8 Å². The van der Waals surface area contributed by atoms with E-state index in [0.29, 0.717) is 0 Å². The summed E-state index contributed by atoms with van der Waals surface area (Å²) >= 11 is 1.81. The van der Waals surface area contributed by atoms with Crippen LogP contribution in [-0.4, -0.2) is 26.5 Å². The number of rotatable bonds is 3. The molecule has 0 amide bonds. The van der Waals surface area contributed by atoms with Crippen molar-refractivity contribution in [2.24, 2.45) is 0 Å². The van der Waals surface area contributed by atoms with Gasteiger partial charge in [0.2, 0.25) is 0 Å².